The maximum absolute atomic E-state index is 11.1. The number of aryl methyl sites for hydroxylation is 1. The highest BCUT2D eigenvalue weighted by molar-refractivity contribution is 7.99. The van der Waals surface area contributed by atoms with Gasteiger partial charge in [0.1, 0.15) is 6.20 Å². The molecule has 0 aliphatic carbocycles. The van der Waals surface area contributed by atoms with Gasteiger partial charge in [0.25, 0.3) is 0 Å². The molecule has 0 saturated heterocycles. The summed E-state index contributed by atoms with van der Waals surface area (Å²) in [6.45, 7) is 4.75. The van der Waals surface area contributed by atoms with Crippen molar-refractivity contribution >= 4 is 23.4 Å². The quantitative estimate of drug-likeness (QED) is 0.498. The first-order valence-electron chi connectivity index (χ1n) is 6.60. The first-order chi connectivity index (χ1) is 10.1. The molecule has 0 fully saturated rings. The predicted octanol–water partition coefficient (Wildman–Crippen LogP) is 3.67. The van der Waals surface area contributed by atoms with Gasteiger partial charge in [-0.15, -0.1) is 0 Å². The monoisotopic (exact) mass is 304 g/mol. The fourth-order valence-corrected chi connectivity index (χ4v) is 2.46. The number of hydrogen-bond donors (Lipinski definition) is 1. The molecule has 1 aromatic heterocycles. The molecule has 7 heteroatoms. The second-order valence-electron chi connectivity index (χ2n) is 4.48. The largest absolute Gasteiger partial charge is 0.354 e. The van der Waals surface area contributed by atoms with Crippen molar-refractivity contribution in [2.24, 2.45) is 0 Å². The molecule has 1 heterocycles. The molecule has 21 heavy (non-hydrogen) atoms. The van der Waals surface area contributed by atoms with Crippen LogP contribution in [-0.4, -0.2) is 21.4 Å². The number of rotatable bonds is 6. The van der Waals surface area contributed by atoms with Crippen molar-refractivity contribution in [3.8, 4) is 0 Å². The predicted molar refractivity (Wildman–Crippen MR) is 82.8 cm³/mol. The normalized spacial score (nSPS) is 10.4. The standard InChI is InChI=1S/C14H16N4O2S/c1-3-8-15-14-16-9-12(18(19)20)13(17-14)21-11-6-4-10(2)5-7-11/h4-7,9H,3,8H2,1-2H3,(H,15,16,17). The third-order valence-electron chi connectivity index (χ3n) is 2.70. The van der Waals surface area contributed by atoms with Crippen molar-refractivity contribution in [2.45, 2.75) is 30.2 Å². The average Bonchev–Trinajstić information content (AvgIpc) is 2.47. The second-order valence-corrected chi connectivity index (χ2v) is 5.55. The van der Waals surface area contributed by atoms with Crippen LogP contribution in [0.3, 0.4) is 0 Å². The van der Waals surface area contributed by atoms with Crippen LogP contribution in [0.4, 0.5) is 11.6 Å². The van der Waals surface area contributed by atoms with Crippen LogP contribution in [-0.2, 0) is 0 Å². The van der Waals surface area contributed by atoms with Gasteiger partial charge in [-0.05, 0) is 25.5 Å². The fourth-order valence-electron chi connectivity index (χ4n) is 1.60. The summed E-state index contributed by atoms with van der Waals surface area (Å²) in [7, 11) is 0. The first-order valence-corrected chi connectivity index (χ1v) is 7.41. The molecule has 0 saturated carbocycles. The summed E-state index contributed by atoms with van der Waals surface area (Å²) >= 11 is 1.27. The highest BCUT2D eigenvalue weighted by Crippen LogP contribution is 2.33. The molecule has 110 valence electrons. The first kappa shape index (κ1) is 15.2. The molecule has 0 aliphatic heterocycles. The van der Waals surface area contributed by atoms with Gasteiger partial charge in [0.15, 0.2) is 5.03 Å². The van der Waals surface area contributed by atoms with Gasteiger partial charge in [-0.2, -0.15) is 4.98 Å². The average molecular weight is 304 g/mol. The maximum Gasteiger partial charge on any atom is 0.320 e. The molecule has 0 spiro atoms. The van der Waals surface area contributed by atoms with Crippen LogP contribution >= 0.6 is 11.8 Å². The van der Waals surface area contributed by atoms with E-state index in [2.05, 4.69) is 15.3 Å². The molecule has 2 rings (SSSR count). The minimum Gasteiger partial charge on any atom is -0.354 e. The van der Waals surface area contributed by atoms with Crippen LogP contribution in [0.5, 0.6) is 0 Å². The molecular formula is C14H16N4O2S. The van der Waals surface area contributed by atoms with E-state index in [0.29, 0.717) is 11.0 Å². The van der Waals surface area contributed by atoms with Crippen molar-refractivity contribution in [3.05, 3.63) is 46.1 Å². The van der Waals surface area contributed by atoms with Crippen molar-refractivity contribution in [3.63, 3.8) is 0 Å². The Bertz CT molecular complexity index is 631. The van der Waals surface area contributed by atoms with E-state index in [0.717, 1.165) is 23.4 Å². The summed E-state index contributed by atoms with van der Waals surface area (Å²) in [5, 5.41) is 14.5. The van der Waals surface area contributed by atoms with Crippen LogP contribution in [0.15, 0.2) is 40.4 Å². The smallest absolute Gasteiger partial charge is 0.320 e. The maximum atomic E-state index is 11.1. The minimum absolute atomic E-state index is 0.0809. The van der Waals surface area contributed by atoms with Crippen LogP contribution in [0, 0.1) is 17.0 Å². The van der Waals surface area contributed by atoms with Gasteiger partial charge in [0, 0.05) is 11.4 Å². The molecule has 0 amide bonds. The summed E-state index contributed by atoms with van der Waals surface area (Å²) in [5.74, 6) is 0.414. The number of aromatic nitrogens is 2. The molecule has 2 aromatic rings. The minimum atomic E-state index is -0.458. The Balaban J connectivity index is 2.29. The third-order valence-corrected chi connectivity index (χ3v) is 3.70. The molecule has 0 atom stereocenters. The summed E-state index contributed by atoms with van der Waals surface area (Å²) in [5.41, 5.74) is 1.06. The van der Waals surface area contributed by atoms with Gasteiger partial charge in [0.05, 0.1) is 4.92 Å². The van der Waals surface area contributed by atoms with Gasteiger partial charge in [-0.3, -0.25) is 10.1 Å². The van der Waals surface area contributed by atoms with Crippen molar-refractivity contribution in [2.75, 3.05) is 11.9 Å². The lowest BCUT2D eigenvalue weighted by atomic mass is 10.2. The Kier molecular flexibility index (Phi) is 5.10. The molecule has 0 unspecified atom stereocenters. The molecule has 0 radical (unpaired) electrons. The highest BCUT2D eigenvalue weighted by Gasteiger charge is 2.18. The molecule has 6 nitrogen and oxygen atoms in total. The van der Waals surface area contributed by atoms with Gasteiger partial charge in [-0.25, -0.2) is 4.98 Å². The third kappa shape index (κ3) is 4.16. The summed E-state index contributed by atoms with van der Waals surface area (Å²) in [6.07, 6.45) is 2.18. The molecule has 1 aromatic carbocycles. The topological polar surface area (TPSA) is 81.0 Å². The fraction of sp³-hybridized carbons (Fsp3) is 0.286. The number of benzene rings is 1. The SMILES string of the molecule is CCCNc1ncc([N+](=O)[O-])c(Sc2ccc(C)cc2)n1. The zero-order valence-electron chi connectivity index (χ0n) is 11.9. The number of hydrogen-bond acceptors (Lipinski definition) is 6. The Morgan fingerprint density at radius 3 is 2.67 bits per heavy atom. The zero-order chi connectivity index (χ0) is 15.2. The van der Waals surface area contributed by atoms with E-state index in [1.807, 2.05) is 38.1 Å². The molecule has 1 N–H and O–H groups in total. The summed E-state index contributed by atoms with van der Waals surface area (Å²) < 4.78 is 0. The van der Waals surface area contributed by atoms with Gasteiger partial charge < -0.3 is 5.32 Å². The van der Waals surface area contributed by atoms with Crippen molar-refractivity contribution in [1.82, 2.24) is 9.97 Å². The Morgan fingerprint density at radius 2 is 2.05 bits per heavy atom. The van der Waals surface area contributed by atoms with E-state index in [-0.39, 0.29) is 5.69 Å². The van der Waals surface area contributed by atoms with E-state index in [1.165, 1.54) is 18.0 Å². The van der Waals surface area contributed by atoms with Gasteiger partial charge in [0.2, 0.25) is 5.95 Å². The van der Waals surface area contributed by atoms with Crippen molar-refractivity contribution < 1.29 is 4.92 Å². The van der Waals surface area contributed by atoms with E-state index in [9.17, 15) is 10.1 Å². The number of nitrogens with one attached hydrogen (secondary N) is 1. The number of nitro groups is 1. The lowest BCUT2D eigenvalue weighted by Gasteiger charge is -2.06. The van der Waals surface area contributed by atoms with E-state index in [4.69, 9.17) is 0 Å². The Hall–Kier alpha value is -2.15. The molecule has 0 aliphatic rings. The zero-order valence-corrected chi connectivity index (χ0v) is 12.7. The van der Waals surface area contributed by atoms with Crippen molar-refractivity contribution in [1.29, 1.82) is 0 Å². The number of nitrogens with zero attached hydrogens (tertiary/aromatic N) is 3. The molecular weight excluding hydrogens is 288 g/mol. The Morgan fingerprint density at radius 1 is 1.33 bits per heavy atom. The van der Waals surface area contributed by atoms with Crippen LogP contribution in [0.2, 0.25) is 0 Å². The Labute approximate surface area is 127 Å². The summed E-state index contributed by atoms with van der Waals surface area (Å²) in [6, 6.07) is 7.77. The number of anilines is 1. The highest BCUT2D eigenvalue weighted by atomic mass is 32.2. The van der Waals surface area contributed by atoms with Gasteiger partial charge in [-0.1, -0.05) is 36.4 Å². The van der Waals surface area contributed by atoms with Crippen LogP contribution < -0.4 is 5.32 Å². The van der Waals surface area contributed by atoms with E-state index < -0.39 is 4.92 Å². The van der Waals surface area contributed by atoms with Gasteiger partial charge >= 0.3 is 5.69 Å². The van der Waals surface area contributed by atoms with E-state index in [1.54, 1.807) is 0 Å². The molecule has 0 bridgehead atoms. The lowest BCUT2D eigenvalue weighted by molar-refractivity contribution is -0.388. The van der Waals surface area contributed by atoms with Crippen LogP contribution in [0.1, 0.15) is 18.9 Å². The lowest BCUT2D eigenvalue weighted by Crippen LogP contribution is -2.06. The van der Waals surface area contributed by atoms with Crippen LogP contribution in [0.25, 0.3) is 0 Å². The second kappa shape index (κ2) is 7.03. The summed E-state index contributed by atoms with van der Waals surface area (Å²) in [4.78, 5) is 19.8. The van der Waals surface area contributed by atoms with E-state index >= 15 is 0 Å².